The Kier molecular flexibility index (Phi) is 12.8. The van der Waals surface area contributed by atoms with Crippen LogP contribution in [0.15, 0.2) is 213 Å². The zero-order valence-corrected chi connectivity index (χ0v) is 32.3. The summed E-state index contributed by atoms with van der Waals surface area (Å²) >= 11 is 0. The Balaban J connectivity index is 1.26. The largest absolute Gasteiger partial charge is 0.338 e. The van der Waals surface area contributed by atoms with E-state index in [2.05, 4.69) is 222 Å². The molecule has 0 fully saturated rings. The van der Waals surface area contributed by atoms with Crippen LogP contribution in [-0.2, 0) is 0 Å². The van der Waals surface area contributed by atoms with Crippen molar-refractivity contribution in [3.8, 4) is 11.1 Å². The van der Waals surface area contributed by atoms with Gasteiger partial charge in [-0.05, 0) is 103 Å². The lowest BCUT2D eigenvalue weighted by Crippen LogP contribution is -2.16. The fraction of sp³-hybridized carbons (Fsp3) is 0.111. The van der Waals surface area contributed by atoms with Gasteiger partial charge in [0.2, 0.25) is 0 Å². The third-order valence-electron chi connectivity index (χ3n) is 10.0. The summed E-state index contributed by atoms with van der Waals surface area (Å²) in [7, 11) is 0. The molecule has 0 saturated heterocycles. The Morgan fingerprint density at radius 3 is 2.34 bits per heavy atom. The highest BCUT2D eigenvalue weighted by molar-refractivity contribution is 6.17. The molecule has 0 spiro atoms. The van der Waals surface area contributed by atoms with Crippen LogP contribution in [0.25, 0.3) is 55.5 Å². The van der Waals surface area contributed by atoms with Gasteiger partial charge in [-0.25, -0.2) is 0 Å². The van der Waals surface area contributed by atoms with E-state index in [1.165, 1.54) is 55.0 Å². The van der Waals surface area contributed by atoms with Crippen LogP contribution in [0, 0.1) is 0 Å². The Morgan fingerprint density at radius 1 is 0.679 bits per heavy atom. The summed E-state index contributed by atoms with van der Waals surface area (Å²) in [4.78, 5) is 2.42. The lowest BCUT2D eigenvalue weighted by Gasteiger charge is -2.25. The van der Waals surface area contributed by atoms with Crippen LogP contribution < -0.4 is 4.90 Å². The van der Waals surface area contributed by atoms with Gasteiger partial charge in [0.1, 0.15) is 0 Å². The smallest absolute Gasteiger partial charge is 0.0547 e. The molecule has 0 unspecified atom stereocenters. The van der Waals surface area contributed by atoms with Gasteiger partial charge < -0.3 is 9.47 Å². The van der Waals surface area contributed by atoms with Gasteiger partial charge in [0.15, 0.2) is 0 Å². The van der Waals surface area contributed by atoms with Gasteiger partial charge in [-0.3, -0.25) is 0 Å². The summed E-state index contributed by atoms with van der Waals surface area (Å²) in [5.74, 6) is 0. The molecule has 7 rings (SSSR count). The molecule has 1 aliphatic carbocycles. The van der Waals surface area contributed by atoms with E-state index in [-0.39, 0.29) is 0 Å². The van der Waals surface area contributed by atoms with Gasteiger partial charge in [0, 0.05) is 34.4 Å². The normalized spacial score (nSPS) is 13.6. The Hall–Kier alpha value is -6.64. The molecule has 276 valence electrons. The zero-order valence-electron chi connectivity index (χ0n) is 32.3. The lowest BCUT2D eigenvalue weighted by molar-refractivity contribution is 1.05. The number of rotatable bonds is 15. The number of hydrogen-bond acceptors (Lipinski definition) is 1. The fourth-order valence-electron chi connectivity index (χ4n) is 7.30. The maximum Gasteiger partial charge on any atom is 0.0547 e. The summed E-state index contributed by atoms with van der Waals surface area (Å²) in [5, 5.41) is 4.99. The van der Waals surface area contributed by atoms with E-state index in [0.29, 0.717) is 0 Å². The molecule has 0 saturated carbocycles. The van der Waals surface area contributed by atoms with E-state index in [1.54, 1.807) is 0 Å². The van der Waals surface area contributed by atoms with Crippen molar-refractivity contribution < 1.29 is 0 Å². The number of allylic oxidation sites excluding steroid dienone is 17. The first kappa shape index (κ1) is 37.7. The second kappa shape index (κ2) is 19.1. The maximum atomic E-state index is 3.76. The van der Waals surface area contributed by atoms with E-state index in [9.17, 15) is 0 Å². The summed E-state index contributed by atoms with van der Waals surface area (Å²) < 4.78 is 2.44. The predicted molar refractivity (Wildman–Crippen MR) is 247 cm³/mol. The Morgan fingerprint density at radius 2 is 1.48 bits per heavy atom. The minimum absolute atomic E-state index is 0.738. The van der Waals surface area contributed by atoms with Crippen molar-refractivity contribution in [2.75, 3.05) is 11.4 Å². The molecular formula is C54H50N2. The van der Waals surface area contributed by atoms with Crippen molar-refractivity contribution in [2.45, 2.75) is 32.6 Å². The summed E-state index contributed by atoms with van der Waals surface area (Å²) in [6.07, 6.45) is 42.6. The number of hydrogen-bond donors (Lipinski definition) is 0. The van der Waals surface area contributed by atoms with Crippen molar-refractivity contribution in [3.63, 3.8) is 0 Å². The monoisotopic (exact) mass is 726 g/mol. The maximum absolute atomic E-state index is 3.76. The molecule has 2 heteroatoms. The first-order valence-electron chi connectivity index (χ1n) is 19.8. The molecule has 0 radical (unpaired) electrons. The average molecular weight is 727 g/mol. The highest BCUT2D eigenvalue weighted by Crippen LogP contribution is 2.41. The molecule has 5 aromatic carbocycles. The third kappa shape index (κ3) is 9.00. The first-order chi connectivity index (χ1) is 27.7. The minimum atomic E-state index is 0.738. The second-order valence-corrected chi connectivity index (χ2v) is 13.9. The SMILES string of the molecule is C=CC/C=C\C=C/CC/C=C\C=C/CN(c1cccc(-c2cccc3c2c2ccc(/C=C\C=C/C)cc2n3C2=CCC=CC=C2)c1)c1ccc2ccccc2c1. The third-order valence-corrected chi connectivity index (χ3v) is 10.0. The van der Waals surface area contributed by atoms with Crippen molar-refractivity contribution in [1.29, 1.82) is 0 Å². The lowest BCUT2D eigenvalue weighted by atomic mass is 9.98. The Labute approximate surface area is 332 Å². The molecule has 1 aromatic heterocycles. The quantitative estimate of drug-likeness (QED) is 0.0581. The van der Waals surface area contributed by atoms with Crippen LogP contribution in [0.5, 0.6) is 0 Å². The van der Waals surface area contributed by atoms with Gasteiger partial charge in [-0.15, -0.1) is 6.58 Å². The zero-order chi connectivity index (χ0) is 38.4. The van der Waals surface area contributed by atoms with Crippen molar-refractivity contribution >= 4 is 55.7 Å². The molecular weight excluding hydrogens is 677 g/mol. The second-order valence-electron chi connectivity index (χ2n) is 13.9. The van der Waals surface area contributed by atoms with Crippen LogP contribution >= 0.6 is 0 Å². The minimum Gasteiger partial charge on any atom is -0.338 e. The van der Waals surface area contributed by atoms with E-state index in [4.69, 9.17) is 0 Å². The highest BCUT2D eigenvalue weighted by Gasteiger charge is 2.18. The van der Waals surface area contributed by atoms with Crippen LogP contribution in [0.1, 0.15) is 38.2 Å². The number of aromatic nitrogens is 1. The van der Waals surface area contributed by atoms with Crippen molar-refractivity contribution in [1.82, 2.24) is 4.57 Å². The molecule has 1 aliphatic rings. The number of benzene rings is 5. The van der Waals surface area contributed by atoms with E-state index in [1.807, 2.05) is 13.0 Å². The molecule has 1 heterocycles. The van der Waals surface area contributed by atoms with Gasteiger partial charge in [-0.2, -0.15) is 0 Å². The summed E-state index contributed by atoms with van der Waals surface area (Å²) in [5.41, 5.74) is 9.51. The Bertz CT molecular complexity index is 2590. The summed E-state index contributed by atoms with van der Waals surface area (Å²) in [6.45, 7) is 6.54. The molecule has 0 bridgehead atoms. The number of unbranched alkanes of at least 4 members (excludes halogenated alkanes) is 1. The number of fused-ring (bicyclic) bond motifs is 4. The highest BCUT2D eigenvalue weighted by atomic mass is 15.1. The van der Waals surface area contributed by atoms with Gasteiger partial charge >= 0.3 is 0 Å². The van der Waals surface area contributed by atoms with Crippen LogP contribution in [-0.4, -0.2) is 11.1 Å². The van der Waals surface area contributed by atoms with Gasteiger partial charge in [-0.1, -0.05) is 170 Å². The van der Waals surface area contributed by atoms with Crippen molar-refractivity contribution in [2.24, 2.45) is 0 Å². The van der Waals surface area contributed by atoms with Crippen LogP contribution in [0.2, 0.25) is 0 Å². The fourth-order valence-corrected chi connectivity index (χ4v) is 7.30. The van der Waals surface area contributed by atoms with E-state index in [0.717, 1.165) is 43.6 Å². The standard InChI is InChI=1S/C54H50N2/c1-3-5-7-8-9-10-11-12-13-14-17-23-39-55(49-37-36-44-27-21-22-28-45(44)41-49)48-32-24-29-46(42-48)50-33-25-34-52-54(50)51-38-35-43(26-18-6-4-2)40-53(51)56(52)47-30-19-15-16-20-31-47/h3-4,6-10,13-19,21-38,40-42H,1,5,11-12,20,39H2,2H3/b6-4-,8-7-,10-9-,14-13-,23-17-,26-18-. The first-order valence-corrected chi connectivity index (χ1v) is 19.8. The predicted octanol–water partition coefficient (Wildman–Crippen LogP) is 15.3. The summed E-state index contributed by atoms with van der Waals surface area (Å²) in [6, 6.07) is 38.0. The average Bonchev–Trinajstić information content (AvgIpc) is 3.34. The van der Waals surface area contributed by atoms with Gasteiger partial charge in [0.05, 0.1) is 11.0 Å². The van der Waals surface area contributed by atoms with E-state index >= 15 is 0 Å². The molecule has 0 aliphatic heterocycles. The van der Waals surface area contributed by atoms with Gasteiger partial charge in [0.25, 0.3) is 0 Å². The number of anilines is 2. The van der Waals surface area contributed by atoms with Crippen molar-refractivity contribution in [3.05, 3.63) is 219 Å². The molecule has 6 aromatic rings. The topological polar surface area (TPSA) is 8.17 Å². The molecule has 0 amide bonds. The van der Waals surface area contributed by atoms with Crippen LogP contribution in [0.3, 0.4) is 0 Å². The van der Waals surface area contributed by atoms with E-state index < -0.39 is 0 Å². The molecule has 56 heavy (non-hydrogen) atoms. The van der Waals surface area contributed by atoms with Crippen LogP contribution in [0.4, 0.5) is 11.4 Å². The molecule has 0 atom stereocenters. The molecule has 0 N–H and O–H groups in total. The molecule has 2 nitrogen and oxygen atoms in total. The number of nitrogens with zero attached hydrogens (tertiary/aromatic N) is 2.